The van der Waals surface area contributed by atoms with Crippen LogP contribution in [0.5, 0.6) is 5.88 Å². The molecule has 6 nitrogen and oxygen atoms in total. The van der Waals surface area contributed by atoms with Crippen LogP contribution in [-0.2, 0) is 0 Å². The number of carbonyl (C=O) groups is 1. The van der Waals surface area contributed by atoms with Crippen LogP contribution in [0.2, 0.25) is 0 Å². The Kier molecular flexibility index (Phi) is 3.30. The van der Waals surface area contributed by atoms with Crippen molar-refractivity contribution in [1.82, 2.24) is 4.98 Å². The van der Waals surface area contributed by atoms with E-state index in [0.29, 0.717) is 16.5 Å². The molecule has 0 saturated heterocycles. The number of amides is 1. The fourth-order valence-electron chi connectivity index (χ4n) is 3.26. The summed E-state index contributed by atoms with van der Waals surface area (Å²) in [6.45, 7) is 0. The molecule has 0 atom stereocenters. The van der Waals surface area contributed by atoms with Gasteiger partial charge in [0, 0.05) is 10.8 Å². The average Bonchev–Trinajstić information content (AvgIpc) is 3.27. The Hall–Kier alpha value is -3.93. The maximum Gasteiger partial charge on any atom is 0.331 e. The van der Waals surface area contributed by atoms with Crippen molar-refractivity contribution in [3.05, 3.63) is 72.5 Å². The van der Waals surface area contributed by atoms with Crippen LogP contribution in [0.3, 0.4) is 0 Å². The number of azo groups is 1. The molecule has 0 saturated carbocycles. The average molecular weight is 355 g/mol. The molecule has 0 bridgehead atoms. The third-order valence-corrected chi connectivity index (χ3v) is 4.54. The summed E-state index contributed by atoms with van der Waals surface area (Å²) in [4.78, 5) is 15.2. The van der Waals surface area contributed by atoms with Crippen LogP contribution in [-0.4, -0.2) is 16.0 Å². The SMILES string of the molecule is O=C(N=Nc1c(O)[nH]c2ccccc12)c1cc2c(ccc3ccccc32)o1. The fourth-order valence-corrected chi connectivity index (χ4v) is 3.26. The molecule has 2 heterocycles. The van der Waals surface area contributed by atoms with Crippen LogP contribution in [0.1, 0.15) is 10.6 Å². The van der Waals surface area contributed by atoms with Gasteiger partial charge in [-0.3, -0.25) is 4.79 Å². The highest BCUT2D eigenvalue weighted by molar-refractivity contribution is 6.08. The maximum absolute atomic E-state index is 12.4. The van der Waals surface area contributed by atoms with Crippen LogP contribution in [0.25, 0.3) is 32.6 Å². The number of carbonyl (C=O) groups excluding carboxylic acids is 1. The topological polar surface area (TPSA) is 91.0 Å². The molecule has 5 rings (SSSR count). The van der Waals surface area contributed by atoms with Gasteiger partial charge in [0.2, 0.25) is 5.88 Å². The van der Waals surface area contributed by atoms with E-state index in [1.807, 2.05) is 48.5 Å². The molecule has 27 heavy (non-hydrogen) atoms. The van der Waals surface area contributed by atoms with Gasteiger partial charge >= 0.3 is 5.91 Å². The lowest BCUT2D eigenvalue weighted by Gasteiger charge is -1.96. The molecular formula is C21H13N3O3. The third-order valence-electron chi connectivity index (χ3n) is 4.54. The molecule has 2 N–H and O–H groups in total. The second-order valence-electron chi connectivity index (χ2n) is 6.18. The molecule has 0 aliphatic heterocycles. The third kappa shape index (κ3) is 2.46. The van der Waals surface area contributed by atoms with Gasteiger partial charge in [-0.1, -0.05) is 48.5 Å². The van der Waals surface area contributed by atoms with E-state index in [1.54, 1.807) is 18.2 Å². The molecular weight excluding hydrogens is 342 g/mol. The van der Waals surface area contributed by atoms with Crippen molar-refractivity contribution in [2.24, 2.45) is 10.2 Å². The zero-order chi connectivity index (χ0) is 18.4. The smallest absolute Gasteiger partial charge is 0.331 e. The number of hydrogen-bond donors (Lipinski definition) is 2. The molecule has 6 heteroatoms. The first-order valence-electron chi connectivity index (χ1n) is 8.38. The Labute approximate surface area is 152 Å². The monoisotopic (exact) mass is 355 g/mol. The molecule has 5 aromatic rings. The second kappa shape index (κ2) is 5.81. The van der Waals surface area contributed by atoms with E-state index in [0.717, 1.165) is 16.2 Å². The Morgan fingerprint density at radius 3 is 2.59 bits per heavy atom. The molecule has 0 aliphatic carbocycles. The number of aromatic amines is 1. The molecule has 130 valence electrons. The van der Waals surface area contributed by atoms with Gasteiger partial charge in [-0.15, -0.1) is 10.2 Å². The highest BCUT2D eigenvalue weighted by atomic mass is 16.3. The van der Waals surface area contributed by atoms with Gasteiger partial charge in [0.15, 0.2) is 11.4 Å². The number of aromatic nitrogens is 1. The van der Waals surface area contributed by atoms with Crippen molar-refractivity contribution in [3.63, 3.8) is 0 Å². The van der Waals surface area contributed by atoms with Gasteiger partial charge in [-0.05, 0) is 29.0 Å². The van der Waals surface area contributed by atoms with Crippen LogP contribution in [0.15, 0.2) is 81.4 Å². The first kappa shape index (κ1) is 15.3. The van der Waals surface area contributed by atoms with Gasteiger partial charge in [0.25, 0.3) is 0 Å². The molecule has 0 unspecified atom stereocenters. The summed E-state index contributed by atoms with van der Waals surface area (Å²) in [7, 11) is 0. The van der Waals surface area contributed by atoms with Crippen molar-refractivity contribution in [2.45, 2.75) is 0 Å². The maximum atomic E-state index is 12.4. The van der Waals surface area contributed by atoms with Gasteiger partial charge in [0.1, 0.15) is 5.58 Å². The number of nitrogens with zero attached hydrogens (tertiary/aromatic N) is 2. The summed E-state index contributed by atoms with van der Waals surface area (Å²) in [5, 5.41) is 21.3. The minimum Gasteiger partial charge on any atom is -0.493 e. The van der Waals surface area contributed by atoms with Crippen molar-refractivity contribution in [1.29, 1.82) is 0 Å². The van der Waals surface area contributed by atoms with E-state index < -0.39 is 5.91 Å². The fraction of sp³-hybridized carbons (Fsp3) is 0. The summed E-state index contributed by atoms with van der Waals surface area (Å²) in [5.74, 6) is -0.646. The molecule has 3 aromatic carbocycles. The standard InChI is InChI=1S/C21H13N3O3/c25-20(24-23-19-14-7-3-4-8-16(14)22-21(19)26)18-11-15-13-6-2-1-5-12(13)9-10-17(15)27-18/h1-11,22,26H. The first-order valence-corrected chi connectivity index (χ1v) is 8.38. The first-order chi connectivity index (χ1) is 13.2. The van der Waals surface area contributed by atoms with E-state index in [-0.39, 0.29) is 17.3 Å². The summed E-state index contributed by atoms with van der Waals surface area (Å²) in [6.07, 6.45) is 0. The lowest BCUT2D eigenvalue weighted by atomic mass is 10.1. The summed E-state index contributed by atoms with van der Waals surface area (Å²) < 4.78 is 5.65. The molecule has 0 radical (unpaired) electrons. The second-order valence-corrected chi connectivity index (χ2v) is 6.18. The minimum atomic E-state index is -0.611. The molecule has 1 amide bonds. The number of fused-ring (bicyclic) bond motifs is 4. The Balaban J connectivity index is 1.55. The number of rotatable bonds is 2. The van der Waals surface area contributed by atoms with E-state index in [2.05, 4.69) is 15.2 Å². The Morgan fingerprint density at radius 2 is 1.70 bits per heavy atom. The molecule has 0 spiro atoms. The number of benzene rings is 3. The zero-order valence-corrected chi connectivity index (χ0v) is 14.0. The normalized spacial score (nSPS) is 11.9. The lowest BCUT2D eigenvalue weighted by Crippen LogP contribution is -1.89. The molecule has 2 aromatic heterocycles. The van der Waals surface area contributed by atoms with Crippen LogP contribution in [0.4, 0.5) is 5.69 Å². The number of aromatic hydroxyl groups is 1. The van der Waals surface area contributed by atoms with Gasteiger partial charge in [-0.2, -0.15) is 0 Å². The number of H-pyrrole nitrogens is 1. The Morgan fingerprint density at radius 1 is 0.926 bits per heavy atom. The van der Waals surface area contributed by atoms with E-state index >= 15 is 0 Å². The number of para-hydroxylation sites is 1. The van der Waals surface area contributed by atoms with E-state index in [9.17, 15) is 9.90 Å². The van der Waals surface area contributed by atoms with Gasteiger partial charge in [0.05, 0.1) is 5.52 Å². The lowest BCUT2D eigenvalue weighted by molar-refractivity contribution is 0.0970. The summed E-state index contributed by atoms with van der Waals surface area (Å²) in [5.41, 5.74) is 1.55. The zero-order valence-electron chi connectivity index (χ0n) is 14.0. The minimum absolute atomic E-state index is 0.101. The van der Waals surface area contributed by atoms with E-state index in [1.165, 1.54) is 0 Å². The number of hydrogen-bond acceptors (Lipinski definition) is 4. The van der Waals surface area contributed by atoms with Gasteiger partial charge < -0.3 is 14.5 Å². The van der Waals surface area contributed by atoms with Crippen LogP contribution >= 0.6 is 0 Å². The highest BCUT2D eigenvalue weighted by Crippen LogP contribution is 2.35. The quantitative estimate of drug-likeness (QED) is 0.398. The Bertz CT molecular complexity index is 1360. The predicted octanol–water partition coefficient (Wildman–Crippen LogP) is 5.70. The summed E-state index contributed by atoms with van der Waals surface area (Å²) in [6, 6.07) is 20.6. The van der Waals surface area contributed by atoms with Crippen molar-refractivity contribution < 1.29 is 14.3 Å². The van der Waals surface area contributed by atoms with Gasteiger partial charge in [-0.25, -0.2) is 0 Å². The van der Waals surface area contributed by atoms with Crippen molar-refractivity contribution in [2.75, 3.05) is 0 Å². The number of furan rings is 1. The largest absolute Gasteiger partial charge is 0.493 e. The highest BCUT2D eigenvalue weighted by Gasteiger charge is 2.15. The van der Waals surface area contributed by atoms with E-state index in [4.69, 9.17) is 4.42 Å². The molecule has 0 aliphatic rings. The van der Waals surface area contributed by atoms with Crippen LogP contribution < -0.4 is 0 Å². The predicted molar refractivity (Wildman–Crippen MR) is 103 cm³/mol. The summed E-state index contributed by atoms with van der Waals surface area (Å²) >= 11 is 0. The van der Waals surface area contributed by atoms with Crippen molar-refractivity contribution >= 4 is 44.2 Å². The van der Waals surface area contributed by atoms with Crippen molar-refractivity contribution in [3.8, 4) is 5.88 Å². The number of nitrogens with one attached hydrogen (secondary N) is 1. The van der Waals surface area contributed by atoms with Crippen LogP contribution in [0, 0.1) is 0 Å². The molecule has 0 fully saturated rings.